The number of aromatic nitrogens is 1. The number of carbonyl (C=O) groups excluding carboxylic acids is 2. The Labute approximate surface area is 169 Å². The van der Waals surface area contributed by atoms with Crippen molar-refractivity contribution < 1.29 is 14.0 Å². The first-order valence-corrected chi connectivity index (χ1v) is 10.5. The number of piperazine rings is 1. The van der Waals surface area contributed by atoms with E-state index >= 15 is 0 Å². The number of rotatable bonds is 4. The first-order chi connectivity index (χ1) is 14.1. The van der Waals surface area contributed by atoms with Crippen molar-refractivity contribution in [1.82, 2.24) is 19.3 Å². The zero-order valence-corrected chi connectivity index (χ0v) is 16.7. The molecule has 29 heavy (non-hydrogen) atoms. The number of para-hydroxylation sites is 2. The Hall–Kier alpha value is -2.61. The Bertz CT molecular complexity index is 918. The Kier molecular flexibility index (Phi) is 5.99. The van der Waals surface area contributed by atoms with Gasteiger partial charge < -0.3 is 14.2 Å². The average Bonchev–Trinajstić information content (AvgIpc) is 2.90. The molecule has 2 aliphatic heterocycles. The molecule has 2 amide bonds. The van der Waals surface area contributed by atoms with Gasteiger partial charge in [0.15, 0.2) is 5.58 Å². The summed E-state index contributed by atoms with van der Waals surface area (Å²) in [5.74, 6) is -0.415. The molecule has 0 N–H and O–H groups in total. The van der Waals surface area contributed by atoms with Gasteiger partial charge in [0.1, 0.15) is 6.54 Å². The van der Waals surface area contributed by atoms with Crippen molar-refractivity contribution in [3.63, 3.8) is 0 Å². The van der Waals surface area contributed by atoms with Gasteiger partial charge in [-0.2, -0.15) is 0 Å². The minimum Gasteiger partial charge on any atom is -0.408 e. The molecule has 4 rings (SSSR count). The Morgan fingerprint density at radius 1 is 0.793 bits per heavy atom. The molecular weight excluding hydrogens is 372 g/mol. The lowest BCUT2D eigenvalue weighted by Crippen LogP contribution is -2.52. The Morgan fingerprint density at radius 2 is 1.41 bits per heavy atom. The first-order valence-electron chi connectivity index (χ1n) is 10.5. The number of nitrogens with zero attached hydrogens (tertiary/aromatic N) is 4. The monoisotopic (exact) mass is 400 g/mol. The predicted molar refractivity (Wildman–Crippen MR) is 109 cm³/mol. The number of fused-ring (bicyclic) bond motifs is 1. The highest BCUT2D eigenvalue weighted by Crippen LogP contribution is 2.13. The van der Waals surface area contributed by atoms with E-state index in [0.29, 0.717) is 43.8 Å². The molecule has 2 aliphatic rings. The zero-order chi connectivity index (χ0) is 20.2. The standard InChI is InChI=1S/C21H28N4O4/c26-19(23-9-5-1-2-6-10-23)15-22-11-13-24(14-12-22)20(27)16-25-17-7-3-4-8-18(17)29-21(25)28/h3-4,7-8H,1-2,5-6,9-16H2. The molecule has 1 aromatic heterocycles. The van der Waals surface area contributed by atoms with Gasteiger partial charge >= 0.3 is 5.76 Å². The van der Waals surface area contributed by atoms with Crippen LogP contribution in [0.2, 0.25) is 0 Å². The molecule has 8 nitrogen and oxygen atoms in total. The van der Waals surface area contributed by atoms with Crippen molar-refractivity contribution >= 4 is 22.9 Å². The van der Waals surface area contributed by atoms with Gasteiger partial charge in [-0.3, -0.25) is 19.1 Å². The highest BCUT2D eigenvalue weighted by molar-refractivity contribution is 5.80. The van der Waals surface area contributed by atoms with E-state index in [1.807, 2.05) is 11.0 Å². The van der Waals surface area contributed by atoms with Crippen LogP contribution >= 0.6 is 0 Å². The lowest BCUT2D eigenvalue weighted by molar-refractivity contribution is -0.135. The van der Waals surface area contributed by atoms with E-state index in [1.165, 1.54) is 17.4 Å². The van der Waals surface area contributed by atoms with Crippen LogP contribution in [0.4, 0.5) is 0 Å². The van der Waals surface area contributed by atoms with Gasteiger partial charge in [0, 0.05) is 39.3 Å². The van der Waals surface area contributed by atoms with Crippen LogP contribution in [0.1, 0.15) is 25.7 Å². The van der Waals surface area contributed by atoms with Gasteiger partial charge in [-0.1, -0.05) is 25.0 Å². The van der Waals surface area contributed by atoms with Crippen LogP contribution in [-0.4, -0.2) is 76.9 Å². The second kappa shape index (κ2) is 8.82. The summed E-state index contributed by atoms with van der Waals surface area (Å²) >= 11 is 0. The van der Waals surface area contributed by atoms with E-state index in [0.717, 1.165) is 25.9 Å². The molecule has 2 aromatic rings. The van der Waals surface area contributed by atoms with E-state index in [-0.39, 0.29) is 18.4 Å². The van der Waals surface area contributed by atoms with Gasteiger partial charge in [-0.15, -0.1) is 0 Å². The lowest BCUT2D eigenvalue weighted by atomic mass is 10.2. The molecule has 0 unspecified atom stereocenters. The van der Waals surface area contributed by atoms with Gasteiger partial charge in [-0.25, -0.2) is 4.79 Å². The second-order valence-electron chi connectivity index (χ2n) is 7.87. The second-order valence-corrected chi connectivity index (χ2v) is 7.87. The maximum absolute atomic E-state index is 12.7. The van der Waals surface area contributed by atoms with Gasteiger partial charge in [0.25, 0.3) is 0 Å². The van der Waals surface area contributed by atoms with Crippen LogP contribution in [0.5, 0.6) is 0 Å². The molecule has 156 valence electrons. The first kappa shape index (κ1) is 19.7. The third kappa shape index (κ3) is 4.53. The SMILES string of the molecule is O=C(CN1CCN(C(=O)Cn2c(=O)oc3ccccc32)CC1)N1CCCCCC1. The van der Waals surface area contributed by atoms with Crippen LogP contribution in [-0.2, 0) is 16.1 Å². The number of benzene rings is 1. The molecule has 8 heteroatoms. The fourth-order valence-corrected chi connectivity index (χ4v) is 4.17. The number of hydrogen-bond donors (Lipinski definition) is 0. The summed E-state index contributed by atoms with van der Waals surface area (Å²) in [4.78, 5) is 43.2. The summed E-state index contributed by atoms with van der Waals surface area (Å²) in [6.45, 7) is 4.61. The van der Waals surface area contributed by atoms with E-state index in [2.05, 4.69) is 4.90 Å². The Balaban J connectivity index is 1.30. The van der Waals surface area contributed by atoms with Crippen LogP contribution in [0.3, 0.4) is 0 Å². The Morgan fingerprint density at radius 3 is 2.14 bits per heavy atom. The molecular formula is C21H28N4O4. The van der Waals surface area contributed by atoms with Crippen molar-refractivity contribution in [1.29, 1.82) is 0 Å². The average molecular weight is 400 g/mol. The third-order valence-corrected chi connectivity index (χ3v) is 5.91. The van der Waals surface area contributed by atoms with Crippen LogP contribution in [0, 0.1) is 0 Å². The third-order valence-electron chi connectivity index (χ3n) is 5.91. The fourth-order valence-electron chi connectivity index (χ4n) is 4.17. The maximum Gasteiger partial charge on any atom is 0.420 e. The van der Waals surface area contributed by atoms with E-state index in [9.17, 15) is 14.4 Å². The molecule has 3 heterocycles. The topological polar surface area (TPSA) is 79.0 Å². The molecule has 2 fully saturated rings. The molecule has 0 atom stereocenters. The summed E-state index contributed by atoms with van der Waals surface area (Å²) < 4.78 is 6.58. The number of likely N-dealkylation sites (tertiary alicyclic amines) is 1. The highest BCUT2D eigenvalue weighted by atomic mass is 16.4. The summed E-state index contributed by atoms with van der Waals surface area (Å²) in [6.07, 6.45) is 4.60. The maximum atomic E-state index is 12.7. The van der Waals surface area contributed by atoms with Crippen molar-refractivity contribution in [2.75, 3.05) is 45.8 Å². The molecule has 0 bridgehead atoms. The number of oxazole rings is 1. The summed E-state index contributed by atoms with van der Waals surface area (Å²) in [5.41, 5.74) is 1.12. The predicted octanol–water partition coefficient (Wildman–Crippen LogP) is 1.14. The van der Waals surface area contributed by atoms with Gasteiger partial charge in [0.2, 0.25) is 11.8 Å². The van der Waals surface area contributed by atoms with E-state index in [1.54, 1.807) is 23.1 Å². The van der Waals surface area contributed by atoms with Gasteiger partial charge in [-0.05, 0) is 25.0 Å². The largest absolute Gasteiger partial charge is 0.420 e. The molecule has 2 saturated heterocycles. The van der Waals surface area contributed by atoms with Crippen LogP contribution in [0.25, 0.3) is 11.1 Å². The van der Waals surface area contributed by atoms with Crippen molar-refractivity contribution in [2.24, 2.45) is 0 Å². The minimum absolute atomic E-state index is 0.0252. The molecule has 1 aromatic carbocycles. The number of amides is 2. The normalized spacial score (nSPS) is 18.8. The lowest BCUT2D eigenvalue weighted by Gasteiger charge is -2.35. The number of carbonyl (C=O) groups is 2. The molecule has 0 spiro atoms. The van der Waals surface area contributed by atoms with E-state index < -0.39 is 5.76 Å². The summed E-state index contributed by atoms with van der Waals surface area (Å²) in [7, 11) is 0. The van der Waals surface area contributed by atoms with Crippen molar-refractivity contribution in [2.45, 2.75) is 32.2 Å². The van der Waals surface area contributed by atoms with Crippen LogP contribution in [0.15, 0.2) is 33.5 Å². The summed E-state index contributed by atoms with van der Waals surface area (Å²) in [6, 6.07) is 7.11. The van der Waals surface area contributed by atoms with Gasteiger partial charge in [0.05, 0.1) is 12.1 Å². The van der Waals surface area contributed by atoms with Crippen LogP contribution < -0.4 is 5.76 Å². The summed E-state index contributed by atoms with van der Waals surface area (Å²) in [5, 5.41) is 0. The molecule has 0 aliphatic carbocycles. The van der Waals surface area contributed by atoms with E-state index in [4.69, 9.17) is 4.42 Å². The van der Waals surface area contributed by atoms with Crippen molar-refractivity contribution in [3.05, 3.63) is 34.8 Å². The quantitative estimate of drug-likeness (QED) is 0.769. The zero-order valence-electron chi connectivity index (χ0n) is 16.7. The molecule has 0 saturated carbocycles. The molecule has 0 radical (unpaired) electrons. The minimum atomic E-state index is -0.513. The highest BCUT2D eigenvalue weighted by Gasteiger charge is 2.25. The number of hydrogen-bond acceptors (Lipinski definition) is 5. The smallest absolute Gasteiger partial charge is 0.408 e. The van der Waals surface area contributed by atoms with Crippen molar-refractivity contribution in [3.8, 4) is 0 Å². The fraction of sp³-hybridized carbons (Fsp3) is 0.571.